The van der Waals surface area contributed by atoms with Gasteiger partial charge in [0.2, 0.25) is 5.91 Å². The summed E-state index contributed by atoms with van der Waals surface area (Å²) in [4.78, 5) is 13.5. The molecule has 84 valence electrons. The summed E-state index contributed by atoms with van der Waals surface area (Å²) in [7, 11) is 1.65. The van der Waals surface area contributed by atoms with E-state index in [1.807, 2.05) is 18.7 Å². The average molecular weight is 222 g/mol. The number of likely N-dealkylation sites (N-methyl/N-ethyl adjacent to an activating group) is 1. The van der Waals surface area contributed by atoms with Gasteiger partial charge in [-0.3, -0.25) is 4.79 Å². The molecule has 3 nitrogen and oxygen atoms in total. The highest BCUT2D eigenvalue weighted by atomic mass is 35.5. The Kier molecular flexibility index (Phi) is 7.90. The number of rotatable bonds is 7. The van der Waals surface area contributed by atoms with Crippen molar-refractivity contribution in [1.82, 2.24) is 4.90 Å². The molecule has 1 atom stereocenters. The third kappa shape index (κ3) is 4.82. The topological polar surface area (TPSA) is 29.5 Å². The number of hydrogen-bond acceptors (Lipinski definition) is 2. The summed E-state index contributed by atoms with van der Waals surface area (Å²) in [6, 6.07) is 0.146. The van der Waals surface area contributed by atoms with E-state index in [0.29, 0.717) is 18.9 Å². The molecule has 0 N–H and O–H groups in total. The second kappa shape index (κ2) is 8.06. The maximum atomic E-state index is 11.7. The van der Waals surface area contributed by atoms with Crippen molar-refractivity contribution >= 4 is 17.5 Å². The molecule has 0 aromatic heterocycles. The van der Waals surface area contributed by atoms with Crippen LogP contribution in [-0.4, -0.2) is 43.0 Å². The molecule has 14 heavy (non-hydrogen) atoms. The Morgan fingerprint density at radius 2 is 2.21 bits per heavy atom. The van der Waals surface area contributed by atoms with Crippen LogP contribution < -0.4 is 0 Å². The minimum absolute atomic E-state index is 0.146. The van der Waals surface area contributed by atoms with E-state index in [2.05, 4.69) is 0 Å². The van der Waals surface area contributed by atoms with Crippen LogP contribution in [0.1, 0.15) is 26.7 Å². The van der Waals surface area contributed by atoms with Gasteiger partial charge in [-0.25, -0.2) is 0 Å². The molecule has 0 aliphatic rings. The summed E-state index contributed by atoms with van der Waals surface area (Å²) in [5.41, 5.74) is 0. The number of carbonyl (C=O) groups is 1. The summed E-state index contributed by atoms with van der Waals surface area (Å²) in [5.74, 6) is 0.708. The van der Waals surface area contributed by atoms with Crippen LogP contribution in [0, 0.1) is 0 Å². The molecule has 0 spiro atoms. The van der Waals surface area contributed by atoms with Gasteiger partial charge in [0.1, 0.15) is 0 Å². The van der Waals surface area contributed by atoms with Gasteiger partial charge in [-0.2, -0.15) is 0 Å². The molecule has 0 fully saturated rings. The highest BCUT2D eigenvalue weighted by Crippen LogP contribution is 2.04. The van der Waals surface area contributed by atoms with Crippen molar-refractivity contribution in [3.63, 3.8) is 0 Å². The SMILES string of the molecule is CCN(C(=O)CCCCl)C(C)COC. The van der Waals surface area contributed by atoms with Crippen molar-refractivity contribution in [3.05, 3.63) is 0 Å². The minimum Gasteiger partial charge on any atom is -0.383 e. The van der Waals surface area contributed by atoms with Crippen LogP contribution in [0.5, 0.6) is 0 Å². The fraction of sp³-hybridized carbons (Fsp3) is 0.900. The summed E-state index contributed by atoms with van der Waals surface area (Å²) >= 11 is 5.54. The maximum Gasteiger partial charge on any atom is 0.222 e. The number of nitrogens with zero attached hydrogens (tertiary/aromatic N) is 1. The molecule has 0 bridgehead atoms. The van der Waals surface area contributed by atoms with Crippen molar-refractivity contribution in [2.45, 2.75) is 32.7 Å². The highest BCUT2D eigenvalue weighted by molar-refractivity contribution is 6.17. The first kappa shape index (κ1) is 13.7. The summed E-state index contributed by atoms with van der Waals surface area (Å²) in [6.45, 7) is 5.28. The van der Waals surface area contributed by atoms with Crippen molar-refractivity contribution in [3.8, 4) is 0 Å². The summed E-state index contributed by atoms with van der Waals surface area (Å²) < 4.78 is 5.02. The van der Waals surface area contributed by atoms with Gasteiger partial charge in [0.15, 0.2) is 0 Å². The largest absolute Gasteiger partial charge is 0.383 e. The Labute approximate surface area is 91.4 Å². The molecule has 0 aromatic carbocycles. The second-order valence-corrected chi connectivity index (χ2v) is 3.65. The van der Waals surface area contributed by atoms with Gasteiger partial charge in [-0.05, 0) is 20.3 Å². The normalized spacial score (nSPS) is 12.6. The van der Waals surface area contributed by atoms with Gasteiger partial charge in [-0.15, -0.1) is 11.6 Å². The summed E-state index contributed by atoms with van der Waals surface area (Å²) in [5, 5.41) is 0. The lowest BCUT2D eigenvalue weighted by Crippen LogP contribution is -2.40. The minimum atomic E-state index is 0.146. The van der Waals surface area contributed by atoms with Gasteiger partial charge >= 0.3 is 0 Å². The fourth-order valence-corrected chi connectivity index (χ4v) is 1.56. The van der Waals surface area contributed by atoms with Crippen LogP contribution in [0.2, 0.25) is 0 Å². The predicted octanol–water partition coefficient (Wildman–Crippen LogP) is 1.89. The Morgan fingerprint density at radius 3 is 2.64 bits per heavy atom. The van der Waals surface area contributed by atoms with E-state index < -0.39 is 0 Å². The van der Waals surface area contributed by atoms with Crippen LogP contribution in [0.15, 0.2) is 0 Å². The lowest BCUT2D eigenvalue weighted by molar-refractivity contribution is -0.134. The molecular weight excluding hydrogens is 202 g/mol. The maximum absolute atomic E-state index is 11.7. The van der Waals surface area contributed by atoms with E-state index in [-0.39, 0.29) is 11.9 Å². The number of amides is 1. The molecule has 0 saturated heterocycles. The van der Waals surface area contributed by atoms with Crippen molar-refractivity contribution in [1.29, 1.82) is 0 Å². The lowest BCUT2D eigenvalue weighted by atomic mass is 10.2. The van der Waals surface area contributed by atoms with E-state index in [9.17, 15) is 4.79 Å². The molecule has 4 heteroatoms. The third-order valence-corrected chi connectivity index (χ3v) is 2.39. The first-order chi connectivity index (χ1) is 6.67. The number of alkyl halides is 1. The van der Waals surface area contributed by atoms with Crippen LogP contribution in [-0.2, 0) is 9.53 Å². The molecule has 0 aliphatic heterocycles. The van der Waals surface area contributed by atoms with Crippen molar-refractivity contribution in [2.75, 3.05) is 26.1 Å². The second-order valence-electron chi connectivity index (χ2n) is 3.28. The number of methoxy groups -OCH3 is 1. The average Bonchev–Trinajstić information content (AvgIpc) is 2.16. The molecule has 0 aliphatic carbocycles. The van der Waals surface area contributed by atoms with Crippen LogP contribution >= 0.6 is 11.6 Å². The molecule has 1 amide bonds. The number of ether oxygens (including phenoxy) is 1. The molecular formula is C10H20ClNO2. The zero-order chi connectivity index (χ0) is 11.0. The molecule has 0 saturated carbocycles. The zero-order valence-corrected chi connectivity index (χ0v) is 10.0. The summed E-state index contributed by atoms with van der Waals surface area (Å²) in [6.07, 6.45) is 1.28. The predicted molar refractivity (Wildman–Crippen MR) is 58.7 cm³/mol. The molecule has 0 radical (unpaired) electrons. The van der Waals surface area contributed by atoms with Crippen LogP contribution in [0.4, 0.5) is 0 Å². The van der Waals surface area contributed by atoms with E-state index in [4.69, 9.17) is 16.3 Å². The molecule has 0 rings (SSSR count). The lowest BCUT2D eigenvalue weighted by Gasteiger charge is -2.27. The van der Waals surface area contributed by atoms with Gasteiger partial charge in [0.25, 0.3) is 0 Å². The molecule has 0 aromatic rings. The number of hydrogen-bond donors (Lipinski definition) is 0. The fourth-order valence-electron chi connectivity index (χ4n) is 1.43. The zero-order valence-electron chi connectivity index (χ0n) is 9.25. The van der Waals surface area contributed by atoms with E-state index in [1.54, 1.807) is 7.11 Å². The van der Waals surface area contributed by atoms with Crippen molar-refractivity contribution < 1.29 is 9.53 Å². The Hall–Kier alpha value is -0.280. The Bertz CT molecular complexity index is 164. The van der Waals surface area contributed by atoms with Crippen molar-refractivity contribution in [2.24, 2.45) is 0 Å². The number of carbonyl (C=O) groups excluding carboxylic acids is 1. The highest BCUT2D eigenvalue weighted by Gasteiger charge is 2.17. The Balaban J connectivity index is 4.03. The van der Waals surface area contributed by atoms with Gasteiger partial charge < -0.3 is 9.64 Å². The smallest absolute Gasteiger partial charge is 0.222 e. The number of halogens is 1. The van der Waals surface area contributed by atoms with E-state index in [0.717, 1.165) is 13.0 Å². The third-order valence-electron chi connectivity index (χ3n) is 2.13. The van der Waals surface area contributed by atoms with E-state index in [1.165, 1.54) is 0 Å². The quantitative estimate of drug-likeness (QED) is 0.615. The first-order valence-corrected chi connectivity index (χ1v) is 5.55. The van der Waals surface area contributed by atoms with Crippen LogP contribution in [0.3, 0.4) is 0 Å². The van der Waals surface area contributed by atoms with Gasteiger partial charge in [0.05, 0.1) is 12.6 Å². The molecule has 1 unspecified atom stereocenters. The van der Waals surface area contributed by atoms with E-state index >= 15 is 0 Å². The van der Waals surface area contributed by atoms with Gasteiger partial charge in [-0.1, -0.05) is 0 Å². The molecule has 0 heterocycles. The Morgan fingerprint density at radius 1 is 1.57 bits per heavy atom. The van der Waals surface area contributed by atoms with Gasteiger partial charge in [0, 0.05) is 26.0 Å². The standard InChI is InChI=1S/C10H20ClNO2/c1-4-12(9(2)8-14-3)10(13)6-5-7-11/h9H,4-8H2,1-3H3. The van der Waals surface area contributed by atoms with Crippen LogP contribution in [0.25, 0.3) is 0 Å². The monoisotopic (exact) mass is 221 g/mol. The first-order valence-electron chi connectivity index (χ1n) is 5.01.